The minimum atomic E-state index is -2.99. The molecule has 0 aliphatic rings. The maximum Gasteiger partial charge on any atom is 0.387 e. The van der Waals surface area contributed by atoms with Gasteiger partial charge in [-0.25, -0.2) is 4.79 Å². The lowest BCUT2D eigenvalue weighted by molar-refractivity contribution is -0.0499. The number of aryl methyl sites for hydroxylation is 1. The van der Waals surface area contributed by atoms with E-state index in [2.05, 4.69) is 9.47 Å². The van der Waals surface area contributed by atoms with Gasteiger partial charge in [-0.05, 0) is 24.1 Å². The van der Waals surface area contributed by atoms with Crippen LogP contribution in [0.3, 0.4) is 0 Å². The van der Waals surface area contributed by atoms with Crippen LogP contribution >= 0.6 is 0 Å². The van der Waals surface area contributed by atoms with Crippen LogP contribution < -0.4 is 4.74 Å². The predicted molar refractivity (Wildman–Crippen MR) is 58.5 cm³/mol. The molecule has 0 aliphatic carbocycles. The second-order valence-corrected chi connectivity index (χ2v) is 3.34. The van der Waals surface area contributed by atoms with Gasteiger partial charge < -0.3 is 9.47 Å². The molecule has 0 aliphatic heterocycles. The summed E-state index contributed by atoms with van der Waals surface area (Å²) in [5, 5.41) is 9.00. The summed E-state index contributed by atoms with van der Waals surface area (Å²) in [6.45, 7) is -1.25. The smallest absolute Gasteiger partial charge is 0.387 e. The molecule has 0 saturated carbocycles. The van der Waals surface area contributed by atoms with E-state index in [1.165, 1.54) is 6.07 Å². The summed E-state index contributed by atoms with van der Waals surface area (Å²) in [4.78, 5) is 11.5. The lowest BCUT2D eigenvalue weighted by Crippen LogP contribution is -2.09. The molecule has 0 N–H and O–H groups in total. The zero-order chi connectivity index (χ0) is 13.7. The molecule has 4 nitrogen and oxygen atoms in total. The van der Waals surface area contributed by atoms with Crippen molar-refractivity contribution in [3.05, 3.63) is 28.8 Å². The molecule has 0 saturated heterocycles. The summed E-state index contributed by atoms with van der Waals surface area (Å²) in [6, 6.07) is 4.26. The monoisotopic (exact) mass is 255 g/mol. The average molecular weight is 255 g/mol. The molecule has 0 bridgehead atoms. The van der Waals surface area contributed by atoms with Crippen LogP contribution in [0.2, 0.25) is 0 Å². The molecule has 0 atom stereocenters. The Morgan fingerprint density at radius 1 is 1.50 bits per heavy atom. The quantitative estimate of drug-likeness (QED) is 0.775. The van der Waals surface area contributed by atoms with Gasteiger partial charge >= 0.3 is 12.6 Å². The molecule has 0 aromatic heterocycles. The van der Waals surface area contributed by atoms with Crippen molar-refractivity contribution in [3.63, 3.8) is 0 Å². The first kappa shape index (κ1) is 13.9. The van der Waals surface area contributed by atoms with Gasteiger partial charge in [0.2, 0.25) is 0 Å². The van der Waals surface area contributed by atoms with Gasteiger partial charge in [0.25, 0.3) is 0 Å². The molecule has 1 aromatic carbocycles. The normalized spacial score (nSPS) is 10.0. The predicted octanol–water partition coefficient (Wildman–Crippen LogP) is 2.51. The summed E-state index contributed by atoms with van der Waals surface area (Å²) in [5.74, 6) is -0.929. The van der Waals surface area contributed by atoms with Gasteiger partial charge in [0, 0.05) is 0 Å². The van der Waals surface area contributed by atoms with Crippen molar-refractivity contribution in [2.75, 3.05) is 7.11 Å². The van der Waals surface area contributed by atoms with Crippen LogP contribution in [0.15, 0.2) is 12.1 Å². The molecule has 1 aromatic rings. The third kappa shape index (κ3) is 2.94. The number of esters is 1. The van der Waals surface area contributed by atoms with Crippen molar-refractivity contribution >= 4 is 5.97 Å². The van der Waals surface area contributed by atoms with Crippen LogP contribution in [0.25, 0.3) is 0 Å². The van der Waals surface area contributed by atoms with Crippen molar-refractivity contribution in [1.82, 2.24) is 0 Å². The maximum atomic E-state index is 12.1. The molecule has 0 heterocycles. The molecular weight excluding hydrogens is 244 g/mol. The van der Waals surface area contributed by atoms with Crippen molar-refractivity contribution in [1.29, 1.82) is 5.26 Å². The number of benzene rings is 1. The molecule has 18 heavy (non-hydrogen) atoms. The van der Waals surface area contributed by atoms with E-state index >= 15 is 0 Å². The number of rotatable bonds is 4. The third-order valence-electron chi connectivity index (χ3n) is 2.32. The summed E-state index contributed by atoms with van der Waals surface area (Å²) in [7, 11) is 1.15. The van der Waals surface area contributed by atoms with Crippen LogP contribution in [0, 0.1) is 11.3 Å². The number of carbonyl (C=O) groups excluding carboxylic acids is 1. The van der Waals surface area contributed by atoms with Gasteiger partial charge in [-0.2, -0.15) is 14.0 Å². The number of ether oxygens (including phenoxy) is 2. The van der Waals surface area contributed by atoms with E-state index in [0.717, 1.165) is 13.2 Å². The largest absolute Gasteiger partial charge is 0.465 e. The fraction of sp³-hybridized carbons (Fsp3) is 0.333. The number of halogens is 2. The number of hydrogen-bond donors (Lipinski definition) is 0. The molecule has 0 amide bonds. The number of carbonyl (C=O) groups is 1. The summed E-state index contributed by atoms with van der Waals surface area (Å²) < 4.78 is 33.0. The van der Waals surface area contributed by atoms with Gasteiger partial charge in [-0.15, -0.1) is 0 Å². The number of nitrogens with zero attached hydrogens (tertiary/aromatic N) is 1. The van der Waals surface area contributed by atoms with E-state index < -0.39 is 12.6 Å². The van der Waals surface area contributed by atoms with Crippen LogP contribution in [0.5, 0.6) is 5.75 Å². The summed E-state index contributed by atoms with van der Waals surface area (Å²) >= 11 is 0. The van der Waals surface area contributed by atoms with Gasteiger partial charge in [0.1, 0.15) is 11.8 Å². The first-order valence-corrected chi connectivity index (χ1v) is 5.13. The molecule has 0 spiro atoms. The highest BCUT2D eigenvalue weighted by Gasteiger charge is 2.18. The van der Waals surface area contributed by atoms with Crippen LogP contribution in [-0.2, 0) is 11.2 Å². The third-order valence-corrected chi connectivity index (χ3v) is 2.32. The summed E-state index contributed by atoms with van der Waals surface area (Å²) in [6.07, 6.45) is 0.410. The molecule has 1 rings (SSSR count). The van der Waals surface area contributed by atoms with Gasteiger partial charge in [-0.1, -0.05) is 6.92 Å². The van der Waals surface area contributed by atoms with Crippen LogP contribution in [0.4, 0.5) is 8.78 Å². The van der Waals surface area contributed by atoms with E-state index in [9.17, 15) is 13.6 Å². The Morgan fingerprint density at radius 2 is 2.17 bits per heavy atom. The van der Waals surface area contributed by atoms with Gasteiger partial charge in [0.05, 0.1) is 18.2 Å². The number of methoxy groups -OCH3 is 1. The first-order chi connectivity index (χ1) is 8.53. The standard InChI is InChI=1S/C12H11F2NO3/c1-3-7-4-8(18-12(13)14)5-9(10(7)6-15)11(16)17-2/h4-5,12H,3H2,1-2H3. The van der Waals surface area contributed by atoms with Crippen LogP contribution in [0.1, 0.15) is 28.4 Å². The Morgan fingerprint density at radius 3 is 2.61 bits per heavy atom. The lowest BCUT2D eigenvalue weighted by Gasteiger charge is -2.11. The molecule has 6 heteroatoms. The highest BCUT2D eigenvalue weighted by Crippen LogP contribution is 2.25. The minimum Gasteiger partial charge on any atom is -0.465 e. The average Bonchev–Trinajstić information content (AvgIpc) is 2.35. The highest BCUT2D eigenvalue weighted by atomic mass is 19.3. The molecule has 0 radical (unpaired) electrons. The zero-order valence-electron chi connectivity index (χ0n) is 9.87. The number of alkyl halides is 2. The van der Waals surface area contributed by atoms with E-state index in [1.807, 2.05) is 6.07 Å². The minimum absolute atomic E-state index is 0.0741. The Kier molecular flexibility index (Phi) is 4.60. The fourth-order valence-corrected chi connectivity index (χ4v) is 1.53. The van der Waals surface area contributed by atoms with E-state index in [4.69, 9.17) is 5.26 Å². The SMILES string of the molecule is CCc1cc(OC(F)F)cc(C(=O)OC)c1C#N. The Bertz CT molecular complexity index is 495. The van der Waals surface area contributed by atoms with Crippen molar-refractivity contribution in [3.8, 4) is 11.8 Å². The van der Waals surface area contributed by atoms with E-state index in [1.54, 1.807) is 6.92 Å². The van der Waals surface area contributed by atoms with Gasteiger partial charge in [-0.3, -0.25) is 0 Å². The second-order valence-electron chi connectivity index (χ2n) is 3.34. The zero-order valence-corrected chi connectivity index (χ0v) is 9.87. The fourth-order valence-electron chi connectivity index (χ4n) is 1.53. The maximum absolute atomic E-state index is 12.1. The van der Waals surface area contributed by atoms with E-state index in [0.29, 0.717) is 12.0 Å². The lowest BCUT2D eigenvalue weighted by atomic mass is 9.99. The van der Waals surface area contributed by atoms with Gasteiger partial charge in [0.15, 0.2) is 0 Å². The number of nitriles is 1. The molecule has 96 valence electrons. The summed E-state index contributed by atoms with van der Waals surface area (Å²) in [5.41, 5.74) is 0.497. The Hall–Kier alpha value is -2.16. The number of hydrogen-bond acceptors (Lipinski definition) is 4. The first-order valence-electron chi connectivity index (χ1n) is 5.13. The topological polar surface area (TPSA) is 59.3 Å². The molecule has 0 fully saturated rings. The second kappa shape index (κ2) is 5.96. The van der Waals surface area contributed by atoms with Crippen molar-refractivity contribution < 1.29 is 23.0 Å². The van der Waals surface area contributed by atoms with Crippen molar-refractivity contribution in [2.45, 2.75) is 20.0 Å². The molecular formula is C12H11F2NO3. The Labute approximate surface area is 103 Å². The van der Waals surface area contributed by atoms with Crippen molar-refractivity contribution in [2.24, 2.45) is 0 Å². The Balaban J connectivity index is 3.37. The van der Waals surface area contributed by atoms with E-state index in [-0.39, 0.29) is 16.9 Å². The molecule has 0 unspecified atom stereocenters. The highest BCUT2D eigenvalue weighted by molar-refractivity contribution is 5.93. The van der Waals surface area contributed by atoms with Crippen LogP contribution in [-0.4, -0.2) is 19.7 Å².